The normalized spacial score (nSPS) is 11.6. The molecular formula is C26H29N3O5. The molecule has 3 aromatic rings. The average molecular weight is 464 g/mol. The highest BCUT2D eigenvalue weighted by Gasteiger charge is 2.25. The van der Waals surface area contributed by atoms with Crippen molar-refractivity contribution in [1.82, 2.24) is 16.0 Å². The summed E-state index contributed by atoms with van der Waals surface area (Å²) in [7, 11) is 3.10. The third-order valence-electron chi connectivity index (χ3n) is 5.33. The average Bonchev–Trinajstić information content (AvgIpc) is 3.36. The minimum Gasteiger partial charge on any atom is -0.497 e. The van der Waals surface area contributed by atoms with Crippen LogP contribution < -0.4 is 20.7 Å². The molecule has 0 unspecified atom stereocenters. The van der Waals surface area contributed by atoms with Gasteiger partial charge in [-0.3, -0.25) is 14.4 Å². The summed E-state index contributed by atoms with van der Waals surface area (Å²) in [5.41, 5.74) is 2.18. The van der Waals surface area contributed by atoms with Gasteiger partial charge in [-0.1, -0.05) is 32.0 Å². The number of likely N-dealkylation sites (N-methyl/N-ethyl adjacent to an activating group) is 1. The molecule has 0 radical (unpaired) electrons. The number of furan rings is 1. The minimum atomic E-state index is -0.663. The number of carbonyl (C=O) groups excluding carboxylic acids is 3. The van der Waals surface area contributed by atoms with Gasteiger partial charge in [0, 0.05) is 24.7 Å². The van der Waals surface area contributed by atoms with Gasteiger partial charge in [-0.15, -0.1) is 0 Å². The van der Waals surface area contributed by atoms with Crippen LogP contribution in [0.5, 0.6) is 5.75 Å². The van der Waals surface area contributed by atoms with Gasteiger partial charge in [0.1, 0.15) is 17.6 Å². The third kappa shape index (κ3) is 6.04. The Hall–Kier alpha value is -4.07. The van der Waals surface area contributed by atoms with E-state index in [0.717, 1.165) is 11.1 Å². The molecular weight excluding hydrogens is 434 g/mol. The summed E-state index contributed by atoms with van der Waals surface area (Å²) in [6.07, 6.45) is 0. The fraction of sp³-hybridized carbons (Fsp3) is 0.269. The number of nitrogens with one attached hydrogen (secondary N) is 3. The molecule has 3 amide bonds. The van der Waals surface area contributed by atoms with Crippen LogP contribution in [0.3, 0.4) is 0 Å². The Morgan fingerprint density at radius 3 is 2.35 bits per heavy atom. The fourth-order valence-corrected chi connectivity index (χ4v) is 3.38. The van der Waals surface area contributed by atoms with Crippen molar-refractivity contribution in [3.63, 3.8) is 0 Å². The number of hydrogen-bond acceptors (Lipinski definition) is 5. The van der Waals surface area contributed by atoms with Crippen molar-refractivity contribution in [3.05, 3.63) is 77.6 Å². The number of ether oxygens (including phenoxy) is 1. The summed E-state index contributed by atoms with van der Waals surface area (Å²) in [4.78, 5) is 37.0. The molecule has 0 spiro atoms. The van der Waals surface area contributed by atoms with Crippen LogP contribution in [0.1, 0.15) is 40.3 Å². The number of amides is 3. The number of carbonyl (C=O) groups is 3. The van der Waals surface area contributed by atoms with Crippen LogP contribution in [0, 0.1) is 5.92 Å². The second-order valence-electron chi connectivity index (χ2n) is 8.08. The van der Waals surface area contributed by atoms with Crippen LogP contribution in [0.25, 0.3) is 11.3 Å². The summed E-state index contributed by atoms with van der Waals surface area (Å²) in [5.74, 6) is 0.307. The molecule has 8 nitrogen and oxygen atoms in total. The maximum atomic E-state index is 12.6. The summed E-state index contributed by atoms with van der Waals surface area (Å²) >= 11 is 0. The number of hydrogen-bond donors (Lipinski definition) is 3. The summed E-state index contributed by atoms with van der Waals surface area (Å²) in [6, 6.07) is 17.0. The summed E-state index contributed by atoms with van der Waals surface area (Å²) in [5, 5.41) is 8.16. The molecule has 34 heavy (non-hydrogen) atoms. The van der Waals surface area contributed by atoms with Crippen molar-refractivity contribution < 1.29 is 23.5 Å². The molecule has 178 valence electrons. The third-order valence-corrected chi connectivity index (χ3v) is 5.33. The maximum Gasteiger partial charge on any atom is 0.287 e. The van der Waals surface area contributed by atoms with Crippen molar-refractivity contribution >= 4 is 17.7 Å². The molecule has 0 aliphatic heterocycles. The van der Waals surface area contributed by atoms with Gasteiger partial charge in [-0.25, -0.2) is 0 Å². The quantitative estimate of drug-likeness (QED) is 0.451. The van der Waals surface area contributed by atoms with Crippen molar-refractivity contribution in [1.29, 1.82) is 0 Å². The van der Waals surface area contributed by atoms with Crippen LogP contribution in [-0.4, -0.2) is 37.9 Å². The predicted octanol–water partition coefficient (Wildman–Crippen LogP) is 3.39. The minimum absolute atomic E-state index is 0.0804. The molecule has 0 saturated heterocycles. The topological polar surface area (TPSA) is 110 Å². The Balaban J connectivity index is 1.66. The molecule has 0 saturated carbocycles. The van der Waals surface area contributed by atoms with Crippen molar-refractivity contribution in [2.75, 3.05) is 14.2 Å². The number of benzene rings is 2. The van der Waals surface area contributed by atoms with E-state index in [1.807, 2.05) is 38.1 Å². The SMILES string of the molecule is CNC(=O)[C@@H](NC(=O)c1ccc(-c2cccc(CNC(=O)c3ccc(OC)cc3)c2)o1)C(C)C. The zero-order valence-corrected chi connectivity index (χ0v) is 19.7. The highest BCUT2D eigenvalue weighted by atomic mass is 16.5. The summed E-state index contributed by atoms with van der Waals surface area (Å²) < 4.78 is 10.9. The molecule has 1 atom stereocenters. The van der Waals surface area contributed by atoms with Gasteiger partial charge in [-0.05, 0) is 53.9 Å². The van der Waals surface area contributed by atoms with Gasteiger partial charge in [0.05, 0.1) is 7.11 Å². The zero-order chi connectivity index (χ0) is 24.7. The smallest absolute Gasteiger partial charge is 0.287 e. The highest BCUT2D eigenvalue weighted by molar-refractivity contribution is 5.96. The first-order valence-corrected chi connectivity index (χ1v) is 11.0. The van der Waals surface area contributed by atoms with E-state index in [1.54, 1.807) is 43.5 Å². The van der Waals surface area contributed by atoms with Crippen molar-refractivity contribution in [2.24, 2.45) is 5.92 Å². The Kier molecular flexibility index (Phi) is 8.08. The van der Waals surface area contributed by atoms with Crippen LogP contribution in [0.2, 0.25) is 0 Å². The monoisotopic (exact) mass is 463 g/mol. The first-order valence-electron chi connectivity index (χ1n) is 11.0. The van der Waals surface area contributed by atoms with E-state index >= 15 is 0 Å². The Morgan fingerprint density at radius 1 is 0.971 bits per heavy atom. The Bertz CT molecular complexity index is 1150. The van der Waals surface area contributed by atoms with E-state index in [-0.39, 0.29) is 23.5 Å². The first kappa shape index (κ1) is 24.6. The molecule has 0 aliphatic rings. The van der Waals surface area contributed by atoms with E-state index in [1.165, 1.54) is 7.05 Å². The molecule has 2 aromatic carbocycles. The van der Waals surface area contributed by atoms with E-state index in [9.17, 15) is 14.4 Å². The van der Waals surface area contributed by atoms with E-state index in [2.05, 4.69) is 16.0 Å². The standard InChI is InChI=1S/C26H29N3O5/c1-16(2)23(26(32)27-3)29-25(31)22-13-12-21(34-22)19-7-5-6-17(14-19)15-28-24(30)18-8-10-20(33-4)11-9-18/h5-14,16,23H,15H2,1-4H3,(H,27,32)(H,28,30)(H,29,31)/t23-/m0/s1. The van der Waals surface area contributed by atoms with Crippen LogP contribution in [-0.2, 0) is 11.3 Å². The van der Waals surface area contributed by atoms with E-state index in [0.29, 0.717) is 23.6 Å². The van der Waals surface area contributed by atoms with E-state index in [4.69, 9.17) is 9.15 Å². The molecule has 0 bridgehead atoms. The van der Waals surface area contributed by atoms with Crippen LogP contribution in [0.4, 0.5) is 0 Å². The van der Waals surface area contributed by atoms with Gasteiger partial charge < -0.3 is 25.1 Å². The van der Waals surface area contributed by atoms with Gasteiger partial charge in [-0.2, -0.15) is 0 Å². The second-order valence-corrected chi connectivity index (χ2v) is 8.08. The molecule has 3 rings (SSSR count). The molecule has 3 N–H and O–H groups in total. The summed E-state index contributed by atoms with van der Waals surface area (Å²) in [6.45, 7) is 4.04. The van der Waals surface area contributed by atoms with Gasteiger partial charge in [0.15, 0.2) is 5.76 Å². The van der Waals surface area contributed by atoms with E-state index < -0.39 is 11.9 Å². The molecule has 8 heteroatoms. The van der Waals surface area contributed by atoms with Crippen molar-refractivity contribution in [2.45, 2.75) is 26.4 Å². The lowest BCUT2D eigenvalue weighted by atomic mass is 10.0. The lowest BCUT2D eigenvalue weighted by molar-refractivity contribution is -0.123. The van der Waals surface area contributed by atoms with Crippen molar-refractivity contribution in [3.8, 4) is 17.1 Å². The largest absolute Gasteiger partial charge is 0.497 e. The lowest BCUT2D eigenvalue weighted by Gasteiger charge is -2.19. The van der Waals surface area contributed by atoms with Crippen LogP contribution >= 0.6 is 0 Å². The molecule has 1 heterocycles. The first-order chi connectivity index (χ1) is 16.3. The predicted molar refractivity (Wildman–Crippen MR) is 128 cm³/mol. The van der Waals surface area contributed by atoms with Gasteiger partial charge in [0.25, 0.3) is 11.8 Å². The van der Waals surface area contributed by atoms with Gasteiger partial charge in [0.2, 0.25) is 5.91 Å². The molecule has 0 aliphatic carbocycles. The number of rotatable bonds is 9. The Labute approximate surface area is 198 Å². The molecule has 0 fully saturated rings. The lowest BCUT2D eigenvalue weighted by Crippen LogP contribution is -2.48. The van der Waals surface area contributed by atoms with Crippen LogP contribution in [0.15, 0.2) is 65.1 Å². The van der Waals surface area contributed by atoms with Gasteiger partial charge >= 0.3 is 0 Å². The molecule has 1 aromatic heterocycles. The highest BCUT2D eigenvalue weighted by Crippen LogP contribution is 2.23. The maximum absolute atomic E-state index is 12.6. The second kappa shape index (κ2) is 11.2. The fourth-order valence-electron chi connectivity index (χ4n) is 3.38. The Morgan fingerprint density at radius 2 is 1.71 bits per heavy atom. The number of methoxy groups -OCH3 is 1. The zero-order valence-electron chi connectivity index (χ0n) is 19.7.